The molecule has 0 aromatic rings. The Bertz CT molecular complexity index is 433. The minimum atomic E-state index is 0.716. The lowest BCUT2D eigenvalue weighted by Crippen LogP contribution is -1.96. The van der Waals surface area contributed by atoms with Crippen LogP contribution in [-0.2, 0) is 0 Å². The lowest BCUT2D eigenvalue weighted by atomic mass is 9.93. The molecule has 1 unspecified atom stereocenters. The molecule has 0 spiro atoms. The first-order valence-corrected chi connectivity index (χ1v) is 10.3. The SMILES string of the molecule is C=CCCCCC(CCC=C)=C(C)CCC=C(CC)CC(C)CC=C. The van der Waals surface area contributed by atoms with E-state index in [1.54, 1.807) is 16.7 Å². The van der Waals surface area contributed by atoms with Gasteiger partial charge in [0.15, 0.2) is 0 Å². The molecule has 0 N–H and O–H groups in total. The molecule has 0 amide bonds. The molecule has 0 nitrogen and oxygen atoms in total. The normalized spacial score (nSPS) is 14.0. The first-order chi connectivity index (χ1) is 12.1. The third-order valence-corrected chi connectivity index (χ3v) is 4.98. The first kappa shape index (κ1) is 23.7. The van der Waals surface area contributed by atoms with Crippen LogP contribution in [0, 0.1) is 5.92 Å². The number of hydrogen-bond acceptors (Lipinski definition) is 0. The summed E-state index contributed by atoms with van der Waals surface area (Å²) in [6, 6.07) is 0. The molecule has 0 radical (unpaired) electrons. The van der Waals surface area contributed by atoms with E-state index in [1.807, 2.05) is 18.2 Å². The molecule has 142 valence electrons. The minimum Gasteiger partial charge on any atom is -0.103 e. The third kappa shape index (κ3) is 12.7. The van der Waals surface area contributed by atoms with Crippen molar-refractivity contribution in [2.24, 2.45) is 5.92 Å². The zero-order valence-corrected chi connectivity index (χ0v) is 17.3. The van der Waals surface area contributed by atoms with Crippen LogP contribution in [0.2, 0.25) is 0 Å². The molecule has 0 heteroatoms. The Morgan fingerprint density at radius 2 is 1.60 bits per heavy atom. The maximum Gasteiger partial charge on any atom is -0.0283 e. The second-order valence-electron chi connectivity index (χ2n) is 7.33. The lowest BCUT2D eigenvalue weighted by molar-refractivity contribution is 0.576. The van der Waals surface area contributed by atoms with E-state index < -0.39 is 0 Å². The fourth-order valence-corrected chi connectivity index (χ4v) is 3.31. The number of hydrogen-bond donors (Lipinski definition) is 0. The van der Waals surface area contributed by atoms with E-state index >= 15 is 0 Å². The molecule has 0 fully saturated rings. The van der Waals surface area contributed by atoms with Crippen LogP contribution in [-0.4, -0.2) is 0 Å². The van der Waals surface area contributed by atoms with Crippen LogP contribution in [0.3, 0.4) is 0 Å². The van der Waals surface area contributed by atoms with Crippen molar-refractivity contribution in [1.29, 1.82) is 0 Å². The number of allylic oxidation sites excluding steroid dienone is 7. The van der Waals surface area contributed by atoms with Crippen LogP contribution in [0.5, 0.6) is 0 Å². The van der Waals surface area contributed by atoms with E-state index in [9.17, 15) is 0 Å². The van der Waals surface area contributed by atoms with Gasteiger partial charge in [0.05, 0.1) is 0 Å². The molecule has 1 atom stereocenters. The molecule has 0 rings (SSSR count). The topological polar surface area (TPSA) is 0 Å². The third-order valence-electron chi connectivity index (χ3n) is 4.98. The largest absolute Gasteiger partial charge is 0.103 e. The Labute approximate surface area is 158 Å². The Balaban J connectivity index is 4.63. The summed E-state index contributed by atoms with van der Waals surface area (Å²) in [7, 11) is 0. The summed E-state index contributed by atoms with van der Waals surface area (Å²) in [5.74, 6) is 0.716. The van der Waals surface area contributed by atoms with Crippen molar-refractivity contribution in [1.82, 2.24) is 0 Å². The summed E-state index contributed by atoms with van der Waals surface area (Å²) in [5, 5.41) is 0. The van der Waals surface area contributed by atoms with Gasteiger partial charge in [-0.3, -0.25) is 0 Å². The summed E-state index contributed by atoms with van der Waals surface area (Å²) in [6.07, 6.45) is 21.7. The molecular weight excluding hydrogens is 300 g/mol. The highest BCUT2D eigenvalue weighted by molar-refractivity contribution is 5.14. The summed E-state index contributed by atoms with van der Waals surface area (Å²) < 4.78 is 0. The molecule has 0 aromatic heterocycles. The van der Waals surface area contributed by atoms with Gasteiger partial charge in [-0.1, -0.05) is 54.9 Å². The summed E-state index contributed by atoms with van der Waals surface area (Å²) in [5.41, 5.74) is 4.88. The average molecular weight is 343 g/mol. The molecule has 0 aliphatic carbocycles. The Morgan fingerprint density at radius 3 is 2.20 bits per heavy atom. The van der Waals surface area contributed by atoms with E-state index in [2.05, 4.69) is 46.6 Å². The molecule has 0 bridgehead atoms. The minimum absolute atomic E-state index is 0.716. The highest BCUT2D eigenvalue weighted by Crippen LogP contribution is 2.24. The Kier molecular flexibility index (Phi) is 15.3. The van der Waals surface area contributed by atoms with Crippen molar-refractivity contribution < 1.29 is 0 Å². The van der Waals surface area contributed by atoms with Crippen molar-refractivity contribution in [3.05, 3.63) is 60.8 Å². The summed E-state index contributed by atoms with van der Waals surface area (Å²) in [4.78, 5) is 0. The van der Waals surface area contributed by atoms with E-state index in [0.29, 0.717) is 5.92 Å². The summed E-state index contributed by atoms with van der Waals surface area (Å²) in [6.45, 7) is 18.5. The molecule has 0 saturated carbocycles. The van der Waals surface area contributed by atoms with Gasteiger partial charge >= 0.3 is 0 Å². The Hall–Kier alpha value is -1.30. The molecule has 0 aromatic carbocycles. The van der Waals surface area contributed by atoms with Crippen LogP contribution >= 0.6 is 0 Å². The number of unbranched alkanes of at least 4 members (excludes halogenated alkanes) is 2. The van der Waals surface area contributed by atoms with Crippen molar-refractivity contribution >= 4 is 0 Å². The van der Waals surface area contributed by atoms with Gasteiger partial charge in [0.1, 0.15) is 0 Å². The fraction of sp³-hybridized carbons (Fsp3) is 0.600. The second kappa shape index (κ2) is 16.2. The van der Waals surface area contributed by atoms with Crippen molar-refractivity contribution in [3.63, 3.8) is 0 Å². The van der Waals surface area contributed by atoms with E-state index in [4.69, 9.17) is 0 Å². The molecule has 0 heterocycles. The second-order valence-corrected chi connectivity index (χ2v) is 7.33. The highest BCUT2D eigenvalue weighted by atomic mass is 14.1. The maximum atomic E-state index is 3.89. The van der Waals surface area contributed by atoms with Crippen molar-refractivity contribution in [2.75, 3.05) is 0 Å². The quantitative estimate of drug-likeness (QED) is 0.194. The van der Waals surface area contributed by atoms with Crippen molar-refractivity contribution in [2.45, 2.75) is 91.4 Å². The van der Waals surface area contributed by atoms with Crippen LogP contribution < -0.4 is 0 Å². The first-order valence-electron chi connectivity index (χ1n) is 10.3. The standard InChI is InChI=1S/C25H42/c1-7-11-13-14-20-25(19-12-8-2)23(6)17-15-18-24(10-4)21-22(5)16-9-3/h7-9,18,22H,1-3,10-17,19-21H2,4-6H3. The highest BCUT2D eigenvalue weighted by Gasteiger charge is 2.05. The van der Waals surface area contributed by atoms with E-state index in [0.717, 1.165) is 19.3 Å². The molecule has 0 aliphatic rings. The summed E-state index contributed by atoms with van der Waals surface area (Å²) >= 11 is 0. The van der Waals surface area contributed by atoms with Gasteiger partial charge in [-0.2, -0.15) is 0 Å². The molecular formula is C25H42. The van der Waals surface area contributed by atoms with Gasteiger partial charge < -0.3 is 0 Å². The molecule has 0 saturated heterocycles. The smallest absolute Gasteiger partial charge is 0.0283 e. The predicted molar refractivity (Wildman–Crippen MR) is 117 cm³/mol. The van der Waals surface area contributed by atoms with Crippen molar-refractivity contribution in [3.8, 4) is 0 Å². The van der Waals surface area contributed by atoms with Crippen LogP contribution in [0.4, 0.5) is 0 Å². The molecule has 25 heavy (non-hydrogen) atoms. The van der Waals surface area contributed by atoms with Gasteiger partial charge in [0, 0.05) is 0 Å². The van der Waals surface area contributed by atoms with E-state index in [-0.39, 0.29) is 0 Å². The predicted octanol–water partition coefficient (Wildman–Crippen LogP) is 8.73. The van der Waals surface area contributed by atoms with Gasteiger partial charge in [-0.25, -0.2) is 0 Å². The van der Waals surface area contributed by atoms with Gasteiger partial charge in [0.2, 0.25) is 0 Å². The zero-order chi connectivity index (χ0) is 18.9. The van der Waals surface area contributed by atoms with E-state index in [1.165, 1.54) is 51.4 Å². The van der Waals surface area contributed by atoms with Crippen LogP contribution in [0.15, 0.2) is 60.8 Å². The van der Waals surface area contributed by atoms with Gasteiger partial charge in [-0.15, -0.1) is 19.7 Å². The van der Waals surface area contributed by atoms with Crippen LogP contribution in [0.25, 0.3) is 0 Å². The Morgan fingerprint density at radius 1 is 0.880 bits per heavy atom. The van der Waals surface area contributed by atoms with Gasteiger partial charge in [-0.05, 0) is 83.5 Å². The monoisotopic (exact) mass is 342 g/mol. The maximum absolute atomic E-state index is 3.89. The molecule has 0 aliphatic heterocycles. The number of rotatable bonds is 16. The zero-order valence-electron chi connectivity index (χ0n) is 17.3. The lowest BCUT2D eigenvalue weighted by Gasteiger charge is -2.13. The van der Waals surface area contributed by atoms with Gasteiger partial charge in [0.25, 0.3) is 0 Å². The fourth-order valence-electron chi connectivity index (χ4n) is 3.31. The average Bonchev–Trinajstić information content (AvgIpc) is 2.60. The van der Waals surface area contributed by atoms with Crippen LogP contribution in [0.1, 0.15) is 91.4 Å².